The van der Waals surface area contributed by atoms with Gasteiger partial charge in [-0.1, -0.05) is 11.6 Å². The van der Waals surface area contributed by atoms with Crippen molar-refractivity contribution in [3.63, 3.8) is 0 Å². The lowest BCUT2D eigenvalue weighted by molar-refractivity contribution is 0.574. The van der Waals surface area contributed by atoms with Crippen molar-refractivity contribution in [1.82, 2.24) is 29.9 Å². The molecule has 2 aromatic heterocycles. The minimum atomic E-state index is 0.714. The zero-order chi connectivity index (χ0) is 13.8. The Labute approximate surface area is 117 Å². The summed E-state index contributed by atoms with van der Waals surface area (Å²) >= 11 is 6.25. The minimum Gasteiger partial charge on any atom is -0.321 e. The van der Waals surface area contributed by atoms with Gasteiger partial charge >= 0.3 is 0 Å². The van der Waals surface area contributed by atoms with E-state index in [1.165, 1.54) is 0 Å². The molecule has 0 atom stereocenters. The average Bonchev–Trinajstić information content (AvgIpc) is 2.92. The van der Waals surface area contributed by atoms with Crippen LogP contribution in [0, 0.1) is 6.92 Å². The van der Waals surface area contributed by atoms with Crippen molar-refractivity contribution in [3.8, 4) is 0 Å². The number of halogens is 1. The molecular formula is C12H19ClN6. The molecule has 2 rings (SSSR count). The van der Waals surface area contributed by atoms with Crippen LogP contribution >= 0.6 is 11.6 Å². The van der Waals surface area contributed by atoms with Crippen molar-refractivity contribution < 1.29 is 0 Å². The summed E-state index contributed by atoms with van der Waals surface area (Å²) in [5.41, 5.74) is 1.92. The second-order valence-corrected chi connectivity index (χ2v) is 4.82. The molecule has 19 heavy (non-hydrogen) atoms. The Bertz CT molecular complexity index is 544. The highest BCUT2D eigenvalue weighted by atomic mass is 35.5. The minimum absolute atomic E-state index is 0.714. The number of hydrogen-bond donors (Lipinski definition) is 1. The van der Waals surface area contributed by atoms with Crippen molar-refractivity contribution in [1.29, 1.82) is 0 Å². The number of hydrogen-bond acceptors (Lipinski definition) is 4. The van der Waals surface area contributed by atoms with Crippen LogP contribution in [-0.4, -0.2) is 31.1 Å². The van der Waals surface area contributed by atoms with Crippen LogP contribution in [0.15, 0.2) is 6.33 Å². The van der Waals surface area contributed by atoms with E-state index in [1.807, 2.05) is 23.2 Å². The van der Waals surface area contributed by atoms with E-state index in [2.05, 4.69) is 27.5 Å². The molecule has 2 heterocycles. The molecule has 0 saturated carbocycles. The van der Waals surface area contributed by atoms with Crippen LogP contribution in [0.2, 0.25) is 5.02 Å². The first-order valence-electron chi connectivity index (χ1n) is 6.38. The second kappa shape index (κ2) is 6.16. The molecule has 0 spiro atoms. The zero-order valence-corrected chi connectivity index (χ0v) is 12.3. The molecule has 0 aliphatic carbocycles. The van der Waals surface area contributed by atoms with Gasteiger partial charge in [0, 0.05) is 33.1 Å². The average molecular weight is 283 g/mol. The Kier molecular flexibility index (Phi) is 4.55. The number of nitrogens with one attached hydrogen (secondary N) is 1. The van der Waals surface area contributed by atoms with Gasteiger partial charge in [0.2, 0.25) is 0 Å². The molecule has 0 aromatic carbocycles. The molecule has 2 aromatic rings. The lowest BCUT2D eigenvalue weighted by Gasteiger charge is -2.07. The third kappa shape index (κ3) is 3.13. The molecule has 0 bridgehead atoms. The van der Waals surface area contributed by atoms with Crippen molar-refractivity contribution in [3.05, 3.63) is 28.6 Å². The Balaban J connectivity index is 1.88. The first-order chi connectivity index (χ1) is 9.13. The second-order valence-electron chi connectivity index (χ2n) is 4.45. The largest absolute Gasteiger partial charge is 0.321 e. The molecule has 0 aliphatic rings. The predicted octanol–water partition coefficient (Wildman–Crippen LogP) is 1.33. The molecule has 0 amide bonds. The van der Waals surface area contributed by atoms with E-state index < -0.39 is 0 Å². The monoisotopic (exact) mass is 282 g/mol. The molecule has 6 nitrogen and oxygen atoms in total. The van der Waals surface area contributed by atoms with Crippen LogP contribution < -0.4 is 5.32 Å². The van der Waals surface area contributed by atoms with Gasteiger partial charge in [-0.2, -0.15) is 5.10 Å². The van der Waals surface area contributed by atoms with Gasteiger partial charge in [0.15, 0.2) is 0 Å². The fourth-order valence-electron chi connectivity index (χ4n) is 1.98. The molecule has 104 valence electrons. The van der Waals surface area contributed by atoms with Crippen LogP contribution in [-0.2, 0) is 26.6 Å². The highest BCUT2D eigenvalue weighted by Crippen LogP contribution is 2.19. The van der Waals surface area contributed by atoms with Gasteiger partial charge in [0.25, 0.3) is 0 Å². The number of nitrogens with zero attached hydrogens (tertiary/aromatic N) is 5. The third-order valence-corrected chi connectivity index (χ3v) is 3.57. The molecule has 7 heteroatoms. The summed E-state index contributed by atoms with van der Waals surface area (Å²) in [6.07, 6.45) is 2.55. The first-order valence-corrected chi connectivity index (χ1v) is 6.76. The number of aryl methyl sites for hydroxylation is 3. The van der Waals surface area contributed by atoms with Crippen LogP contribution in [0.25, 0.3) is 0 Å². The van der Waals surface area contributed by atoms with Gasteiger partial charge < -0.3 is 9.88 Å². The summed E-state index contributed by atoms with van der Waals surface area (Å²) in [5, 5.41) is 16.4. The van der Waals surface area contributed by atoms with Gasteiger partial charge in [0.05, 0.1) is 16.4 Å². The van der Waals surface area contributed by atoms with Crippen molar-refractivity contribution >= 4 is 11.6 Å². The molecular weight excluding hydrogens is 264 g/mol. The lowest BCUT2D eigenvalue weighted by Crippen LogP contribution is -2.20. The summed E-state index contributed by atoms with van der Waals surface area (Å²) < 4.78 is 3.86. The maximum atomic E-state index is 6.25. The maximum absolute atomic E-state index is 6.25. The predicted molar refractivity (Wildman–Crippen MR) is 74.1 cm³/mol. The first kappa shape index (κ1) is 14.0. The Morgan fingerprint density at radius 1 is 1.42 bits per heavy atom. The topological polar surface area (TPSA) is 60.6 Å². The molecule has 0 radical (unpaired) electrons. The zero-order valence-electron chi connectivity index (χ0n) is 11.5. The Morgan fingerprint density at radius 2 is 2.21 bits per heavy atom. The van der Waals surface area contributed by atoms with E-state index in [0.717, 1.165) is 41.7 Å². The summed E-state index contributed by atoms with van der Waals surface area (Å²) in [5.74, 6) is 0.971. The smallest absolute Gasteiger partial charge is 0.133 e. The molecule has 1 N–H and O–H groups in total. The third-order valence-electron chi connectivity index (χ3n) is 3.08. The van der Waals surface area contributed by atoms with Gasteiger partial charge in [0.1, 0.15) is 12.2 Å². The van der Waals surface area contributed by atoms with E-state index >= 15 is 0 Å². The normalized spacial score (nSPS) is 11.2. The molecule has 0 saturated heterocycles. The quantitative estimate of drug-likeness (QED) is 0.812. The summed E-state index contributed by atoms with van der Waals surface area (Å²) in [6, 6.07) is 0. The van der Waals surface area contributed by atoms with E-state index in [0.29, 0.717) is 6.54 Å². The van der Waals surface area contributed by atoms with E-state index in [4.69, 9.17) is 11.6 Å². The molecule has 0 aliphatic heterocycles. The van der Waals surface area contributed by atoms with Gasteiger partial charge in [-0.05, 0) is 13.8 Å². The van der Waals surface area contributed by atoms with E-state index in [-0.39, 0.29) is 0 Å². The maximum Gasteiger partial charge on any atom is 0.133 e. The van der Waals surface area contributed by atoms with Crippen molar-refractivity contribution in [2.45, 2.75) is 33.4 Å². The van der Waals surface area contributed by atoms with Crippen molar-refractivity contribution in [2.75, 3.05) is 6.54 Å². The van der Waals surface area contributed by atoms with Gasteiger partial charge in [-0.25, -0.2) is 0 Å². The number of aromatic nitrogens is 5. The summed E-state index contributed by atoms with van der Waals surface area (Å²) in [7, 11) is 1.95. The van der Waals surface area contributed by atoms with Crippen molar-refractivity contribution in [2.24, 2.45) is 7.05 Å². The van der Waals surface area contributed by atoms with E-state index in [9.17, 15) is 0 Å². The Morgan fingerprint density at radius 3 is 2.84 bits per heavy atom. The fraction of sp³-hybridized carbons (Fsp3) is 0.583. The summed E-state index contributed by atoms with van der Waals surface area (Å²) in [6.45, 7) is 6.36. The van der Waals surface area contributed by atoms with E-state index in [1.54, 1.807) is 6.33 Å². The lowest BCUT2D eigenvalue weighted by atomic mass is 10.3. The highest BCUT2D eigenvalue weighted by Gasteiger charge is 2.11. The van der Waals surface area contributed by atoms with Gasteiger partial charge in [-0.15, -0.1) is 10.2 Å². The Hall–Kier alpha value is -1.40. The van der Waals surface area contributed by atoms with Crippen LogP contribution in [0.3, 0.4) is 0 Å². The van der Waals surface area contributed by atoms with Crippen LogP contribution in [0.5, 0.6) is 0 Å². The SMILES string of the molecule is CCn1nc(C)c(Cl)c1CNCCc1nncn1C. The fourth-order valence-corrected chi connectivity index (χ4v) is 2.18. The molecule has 0 fully saturated rings. The van der Waals surface area contributed by atoms with Crippen LogP contribution in [0.4, 0.5) is 0 Å². The molecule has 0 unspecified atom stereocenters. The highest BCUT2D eigenvalue weighted by molar-refractivity contribution is 6.31. The van der Waals surface area contributed by atoms with Crippen LogP contribution in [0.1, 0.15) is 24.1 Å². The standard InChI is InChI=1S/C12H19ClN6/c1-4-19-10(12(13)9(2)17-19)7-14-6-5-11-16-15-8-18(11)3/h8,14H,4-7H2,1-3H3. The van der Waals surface area contributed by atoms with Gasteiger partial charge in [-0.3, -0.25) is 4.68 Å². The number of rotatable bonds is 6. The summed E-state index contributed by atoms with van der Waals surface area (Å²) in [4.78, 5) is 0.